The predicted octanol–water partition coefficient (Wildman–Crippen LogP) is 3.85. The second kappa shape index (κ2) is 14.1. The van der Waals surface area contributed by atoms with Crippen molar-refractivity contribution >= 4 is 39.1 Å². The van der Waals surface area contributed by atoms with E-state index < -0.39 is 16.1 Å². The Hall–Kier alpha value is -2.98. The molecule has 37 heavy (non-hydrogen) atoms. The van der Waals surface area contributed by atoms with E-state index in [1.165, 1.54) is 22.4 Å². The van der Waals surface area contributed by atoms with Gasteiger partial charge in [0.2, 0.25) is 21.8 Å². The fraction of sp³-hybridized carbons (Fsp3) is 0.462. The van der Waals surface area contributed by atoms with Gasteiger partial charge in [-0.15, -0.1) is 0 Å². The molecule has 2 aromatic rings. The van der Waals surface area contributed by atoms with Crippen LogP contribution in [0.25, 0.3) is 0 Å². The molecule has 2 rings (SSSR count). The van der Waals surface area contributed by atoms with Crippen molar-refractivity contribution in [2.24, 2.45) is 0 Å². The Kier molecular flexibility index (Phi) is 11.5. The van der Waals surface area contributed by atoms with Crippen LogP contribution in [0.4, 0.5) is 5.69 Å². The van der Waals surface area contributed by atoms with Crippen LogP contribution < -0.4 is 19.1 Å². The SMILES string of the molecule is CCCNC(=O)[C@H](C)N(Cc1cccc(OC)c1)C(=O)CCCN(c1ccc(OC)c(Cl)c1)S(C)(=O)=O. The molecule has 0 aromatic heterocycles. The number of sulfonamides is 1. The number of halogens is 1. The molecule has 0 spiro atoms. The van der Waals surface area contributed by atoms with E-state index in [2.05, 4.69) is 5.32 Å². The monoisotopic (exact) mass is 553 g/mol. The lowest BCUT2D eigenvalue weighted by atomic mass is 10.1. The summed E-state index contributed by atoms with van der Waals surface area (Å²) < 4.78 is 36.6. The average molecular weight is 554 g/mol. The van der Waals surface area contributed by atoms with Gasteiger partial charge in [-0.05, 0) is 55.7 Å². The molecule has 2 amide bonds. The van der Waals surface area contributed by atoms with Crippen LogP contribution in [0.3, 0.4) is 0 Å². The summed E-state index contributed by atoms with van der Waals surface area (Å²) in [5.74, 6) is 0.569. The second-order valence-electron chi connectivity index (χ2n) is 8.60. The minimum Gasteiger partial charge on any atom is -0.497 e. The van der Waals surface area contributed by atoms with Crippen LogP contribution in [0.2, 0.25) is 5.02 Å². The van der Waals surface area contributed by atoms with Crippen LogP contribution in [-0.4, -0.2) is 64.7 Å². The number of hydrogen-bond donors (Lipinski definition) is 1. The van der Waals surface area contributed by atoms with Crippen LogP contribution in [0.1, 0.15) is 38.7 Å². The number of anilines is 1. The van der Waals surface area contributed by atoms with Gasteiger partial charge in [-0.3, -0.25) is 13.9 Å². The van der Waals surface area contributed by atoms with Crippen molar-refractivity contribution in [3.8, 4) is 11.5 Å². The maximum absolute atomic E-state index is 13.3. The number of hydrogen-bond acceptors (Lipinski definition) is 6. The smallest absolute Gasteiger partial charge is 0.242 e. The Morgan fingerprint density at radius 3 is 2.43 bits per heavy atom. The van der Waals surface area contributed by atoms with Gasteiger partial charge < -0.3 is 19.7 Å². The molecule has 0 saturated heterocycles. The number of rotatable bonds is 14. The summed E-state index contributed by atoms with van der Waals surface area (Å²) >= 11 is 6.19. The van der Waals surface area contributed by atoms with Crippen LogP contribution in [-0.2, 0) is 26.2 Å². The summed E-state index contributed by atoms with van der Waals surface area (Å²) in [6.45, 7) is 4.42. The summed E-state index contributed by atoms with van der Waals surface area (Å²) in [6.07, 6.45) is 2.17. The van der Waals surface area contributed by atoms with E-state index in [4.69, 9.17) is 21.1 Å². The van der Waals surface area contributed by atoms with Gasteiger partial charge >= 0.3 is 0 Å². The molecule has 0 aliphatic heterocycles. The topological polar surface area (TPSA) is 105 Å². The molecule has 0 radical (unpaired) electrons. The van der Waals surface area contributed by atoms with Gasteiger partial charge in [0, 0.05) is 26.1 Å². The van der Waals surface area contributed by atoms with Gasteiger partial charge in [0.15, 0.2) is 0 Å². The maximum atomic E-state index is 13.3. The maximum Gasteiger partial charge on any atom is 0.242 e. The fourth-order valence-electron chi connectivity index (χ4n) is 3.76. The fourth-order valence-corrected chi connectivity index (χ4v) is 4.97. The highest BCUT2D eigenvalue weighted by molar-refractivity contribution is 7.92. The number of benzene rings is 2. The Morgan fingerprint density at radius 1 is 1.11 bits per heavy atom. The second-order valence-corrected chi connectivity index (χ2v) is 10.9. The van der Waals surface area contributed by atoms with Gasteiger partial charge in [-0.2, -0.15) is 0 Å². The van der Waals surface area contributed by atoms with Gasteiger partial charge in [0.05, 0.1) is 31.2 Å². The first-order chi connectivity index (χ1) is 17.5. The molecule has 0 fully saturated rings. The Balaban J connectivity index is 2.19. The van der Waals surface area contributed by atoms with E-state index in [1.807, 2.05) is 25.1 Å². The third-order valence-corrected chi connectivity index (χ3v) is 7.27. The Morgan fingerprint density at radius 2 is 1.84 bits per heavy atom. The van der Waals surface area contributed by atoms with E-state index in [9.17, 15) is 18.0 Å². The van der Waals surface area contributed by atoms with Crippen LogP contribution >= 0.6 is 11.6 Å². The third kappa shape index (κ3) is 8.82. The normalized spacial score (nSPS) is 11.9. The average Bonchev–Trinajstić information content (AvgIpc) is 2.87. The lowest BCUT2D eigenvalue weighted by molar-refractivity contribution is -0.140. The summed E-state index contributed by atoms with van der Waals surface area (Å²) in [6, 6.07) is 11.3. The highest BCUT2D eigenvalue weighted by atomic mass is 35.5. The van der Waals surface area contributed by atoms with Gasteiger partial charge in [0.25, 0.3) is 0 Å². The van der Waals surface area contributed by atoms with E-state index in [1.54, 1.807) is 32.2 Å². The molecule has 0 aliphatic rings. The highest BCUT2D eigenvalue weighted by Crippen LogP contribution is 2.30. The molecular weight excluding hydrogens is 518 g/mol. The summed E-state index contributed by atoms with van der Waals surface area (Å²) in [4.78, 5) is 27.5. The zero-order valence-electron chi connectivity index (χ0n) is 22.0. The van der Waals surface area contributed by atoms with Gasteiger partial charge in [-0.1, -0.05) is 30.7 Å². The standard InChI is InChI=1S/C26H36ClN3O6S/c1-6-14-28-26(32)19(2)29(18-20-9-7-10-22(16-20)35-3)25(31)11-8-15-30(37(5,33)34)21-12-13-24(36-4)23(27)17-21/h7,9-10,12-13,16-17,19H,6,8,11,14-15,18H2,1-5H3,(H,28,32)/t19-/m0/s1. The molecule has 9 nitrogen and oxygen atoms in total. The van der Waals surface area contributed by atoms with Gasteiger partial charge in [0.1, 0.15) is 17.5 Å². The van der Waals surface area contributed by atoms with Crippen molar-refractivity contribution in [3.05, 3.63) is 53.1 Å². The summed E-state index contributed by atoms with van der Waals surface area (Å²) in [5.41, 5.74) is 1.19. The molecule has 204 valence electrons. The molecule has 0 bridgehead atoms. The molecule has 1 atom stereocenters. The first-order valence-electron chi connectivity index (χ1n) is 12.0. The number of nitrogens with zero attached hydrogens (tertiary/aromatic N) is 2. The summed E-state index contributed by atoms with van der Waals surface area (Å²) in [5, 5.41) is 3.12. The summed E-state index contributed by atoms with van der Waals surface area (Å²) in [7, 11) is -0.602. The molecule has 11 heteroatoms. The zero-order valence-corrected chi connectivity index (χ0v) is 23.6. The van der Waals surface area contributed by atoms with E-state index in [-0.39, 0.29) is 42.8 Å². The molecule has 2 aromatic carbocycles. The predicted molar refractivity (Wildman–Crippen MR) is 146 cm³/mol. The largest absolute Gasteiger partial charge is 0.497 e. The number of carbonyl (C=O) groups excluding carboxylic acids is 2. The lowest BCUT2D eigenvalue weighted by Crippen LogP contribution is -2.47. The third-order valence-electron chi connectivity index (χ3n) is 5.78. The van der Waals surface area contributed by atoms with Crippen molar-refractivity contribution in [2.75, 3.05) is 37.9 Å². The minimum absolute atomic E-state index is 0.0469. The molecule has 0 unspecified atom stereocenters. The van der Waals surface area contributed by atoms with Crippen LogP contribution in [0.5, 0.6) is 11.5 Å². The van der Waals surface area contributed by atoms with Gasteiger partial charge in [-0.25, -0.2) is 8.42 Å². The van der Waals surface area contributed by atoms with Crippen molar-refractivity contribution in [1.29, 1.82) is 0 Å². The molecular formula is C26H36ClN3O6S. The van der Waals surface area contributed by atoms with E-state index >= 15 is 0 Å². The number of amides is 2. The molecule has 0 saturated carbocycles. The number of carbonyl (C=O) groups is 2. The van der Waals surface area contributed by atoms with Crippen LogP contribution in [0, 0.1) is 0 Å². The Bertz CT molecular complexity index is 1170. The molecule has 1 N–H and O–H groups in total. The van der Waals surface area contributed by atoms with Crippen molar-refractivity contribution in [1.82, 2.24) is 10.2 Å². The lowest BCUT2D eigenvalue weighted by Gasteiger charge is -2.29. The first-order valence-corrected chi connectivity index (χ1v) is 14.3. The van der Waals surface area contributed by atoms with Crippen molar-refractivity contribution in [3.63, 3.8) is 0 Å². The number of methoxy groups -OCH3 is 2. The Labute approximate surface area is 224 Å². The quantitative estimate of drug-likeness (QED) is 0.381. The number of ether oxygens (including phenoxy) is 2. The zero-order chi connectivity index (χ0) is 27.6. The molecule has 0 aliphatic carbocycles. The van der Waals surface area contributed by atoms with E-state index in [0.29, 0.717) is 23.7 Å². The highest BCUT2D eigenvalue weighted by Gasteiger charge is 2.26. The minimum atomic E-state index is -3.64. The van der Waals surface area contributed by atoms with Crippen LogP contribution in [0.15, 0.2) is 42.5 Å². The first kappa shape index (κ1) is 30.2. The van der Waals surface area contributed by atoms with E-state index in [0.717, 1.165) is 18.2 Å². The number of nitrogens with one attached hydrogen (secondary N) is 1. The van der Waals surface area contributed by atoms with Crippen molar-refractivity contribution in [2.45, 2.75) is 45.7 Å². The van der Waals surface area contributed by atoms with Crippen molar-refractivity contribution < 1.29 is 27.5 Å². The molecule has 0 heterocycles.